The number of para-hydroxylation sites is 2. The van der Waals surface area contributed by atoms with Gasteiger partial charge in [-0.1, -0.05) is 36.4 Å². The predicted octanol–water partition coefficient (Wildman–Crippen LogP) is 2.49. The van der Waals surface area contributed by atoms with E-state index in [1.165, 1.54) is 4.90 Å². The SMILES string of the molecule is CNC(=O)[C@H]1C[C@H](Oc2ccccc2)CN1C(=O)Nc1ccccc1. The van der Waals surface area contributed by atoms with Crippen LogP contribution in [0.25, 0.3) is 0 Å². The number of urea groups is 1. The number of carbonyl (C=O) groups is 2. The van der Waals surface area contributed by atoms with Crippen molar-refractivity contribution in [1.82, 2.24) is 10.2 Å². The summed E-state index contributed by atoms with van der Waals surface area (Å²) < 4.78 is 5.93. The van der Waals surface area contributed by atoms with Crippen molar-refractivity contribution in [2.24, 2.45) is 0 Å². The van der Waals surface area contributed by atoms with E-state index in [4.69, 9.17) is 4.74 Å². The Bertz CT molecular complexity index is 721. The van der Waals surface area contributed by atoms with E-state index in [-0.39, 0.29) is 18.0 Å². The van der Waals surface area contributed by atoms with Gasteiger partial charge in [-0.2, -0.15) is 0 Å². The van der Waals surface area contributed by atoms with Crippen LogP contribution in [0.4, 0.5) is 10.5 Å². The quantitative estimate of drug-likeness (QED) is 0.899. The van der Waals surface area contributed by atoms with E-state index >= 15 is 0 Å². The van der Waals surface area contributed by atoms with Gasteiger partial charge in [-0.15, -0.1) is 0 Å². The van der Waals surface area contributed by atoms with Gasteiger partial charge >= 0.3 is 6.03 Å². The summed E-state index contributed by atoms with van der Waals surface area (Å²) in [6.07, 6.45) is 0.225. The number of benzene rings is 2. The maximum atomic E-state index is 12.6. The predicted molar refractivity (Wildman–Crippen MR) is 95.5 cm³/mol. The zero-order valence-corrected chi connectivity index (χ0v) is 14.0. The van der Waals surface area contributed by atoms with Gasteiger partial charge in [0.05, 0.1) is 6.54 Å². The fourth-order valence-electron chi connectivity index (χ4n) is 2.93. The van der Waals surface area contributed by atoms with Crippen molar-refractivity contribution in [3.8, 4) is 5.75 Å². The number of anilines is 1. The van der Waals surface area contributed by atoms with E-state index in [1.807, 2.05) is 48.5 Å². The molecule has 0 aromatic heterocycles. The Balaban J connectivity index is 1.71. The molecular weight excluding hydrogens is 318 g/mol. The largest absolute Gasteiger partial charge is 0.488 e. The fourth-order valence-corrected chi connectivity index (χ4v) is 2.93. The second-order valence-corrected chi connectivity index (χ2v) is 5.87. The molecule has 3 amide bonds. The number of hydrogen-bond donors (Lipinski definition) is 2. The van der Waals surface area contributed by atoms with Crippen LogP contribution in [-0.2, 0) is 4.79 Å². The summed E-state index contributed by atoms with van der Waals surface area (Å²) in [5.41, 5.74) is 0.690. The van der Waals surface area contributed by atoms with E-state index in [0.29, 0.717) is 18.7 Å². The van der Waals surface area contributed by atoms with Gasteiger partial charge in [0, 0.05) is 19.2 Å². The van der Waals surface area contributed by atoms with Gasteiger partial charge in [-0.25, -0.2) is 4.79 Å². The molecule has 0 radical (unpaired) electrons. The number of carbonyl (C=O) groups excluding carboxylic acids is 2. The van der Waals surface area contributed by atoms with Crippen LogP contribution in [0.3, 0.4) is 0 Å². The van der Waals surface area contributed by atoms with E-state index < -0.39 is 6.04 Å². The van der Waals surface area contributed by atoms with Gasteiger partial charge in [-0.3, -0.25) is 4.79 Å². The minimum absolute atomic E-state index is 0.192. The van der Waals surface area contributed by atoms with E-state index in [0.717, 1.165) is 5.75 Å². The topological polar surface area (TPSA) is 70.7 Å². The van der Waals surface area contributed by atoms with Crippen molar-refractivity contribution >= 4 is 17.6 Å². The Hall–Kier alpha value is -3.02. The van der Waals surface area contributed by atoms with Crippen molar-refractivity contribution in [1.29, 1.82) is 0 Å². The minimum atomic E-state index is -0.553. The first-order valence-corrected chi connectivity index (χ1v) is 8.23. The third-order valence-corrected chi connectivity index (χ3v) is 4.14. The Morgan fingerprint density at radius 2 is 1.68 bits per heavy atom. The van der Waals surface area contributed by atoms with Gasteiger partial charge in [0.1, 0.15) is 17.9 Å². The number of amides is 3. The molecule has 2 aromatic carbocycles. The third-order valence-electron chi connectivity index (χ3n) is 4.14. The molecule has 6 nitrogen and oxygen atoms in total. The Kier molecular flexibility index (Phi) is 5.18. The van der Waals surface area contributed by atoms with Crippen LogP contribution < -0.4 is 15.4 Å². The molecule has 1 fully saturated rings. The fraction of sp³-hybridized carbons (Fsp3) is 0.263. The first-order valence-electron chi connectivity index (χ1n) is 8.23. The molecule has 1 aliphatic rings. The normalized spacial score (nSPS) is 19.3. The molecule has 3 rings (SSSR count). The number of nitrogens with one attached hydrogen (secondary N) is 2. The second-order valence-electron chi connectivity index (χ2n) is 5.87. The monoisotopic (exact) mass is 339 g/mol. The third kappa shape index (κ3) is 4.09. The Morgan fingerprint density at radius 3 is 2.32 bits per heavy atom. The highest BCUT2D eigenvalue weighted by molar-refractivity contribution is 5.94. The number of ether oxygens (including phenoxy) is 1. The molecule has 0 unspecified atom stereocenters. The van der Waals surface area contributed by atoms with Crippen LogP contribution in [-0.4, -0.2) is 42.6 Å². The highest BCUT2D eigenvalue weighted by atomic mass is 16.5. The van der Waals surface area contributed by atoms with Gasteiger partial charge in [-0.05, 0) is 24.3 Å². The average Bonchev–Trinajstić information content (AvgIpc) is 3.07. The molecule has 1 saturated heterocycles. The lowest BCUT2D eigenvalue weighted by molar-refractivity contribution is -0.124. The molecule has 2 aromatic rings. The highest BCUT2D eigenvalue weighted by Crippen LogP contribution is 2.24. The summed E-state index contributed by atoms with van der Waals surface area (Å²) in [5, 5.41) is 5.45. The lowest BCUT2D eigenvalue weighted by atomic mass is 10.2. The summed E-state index contributed by atoms with van der Waals surface area (Å²) >= 11 is 0. The summed E-state index contributed by atoms with van der Waals surface area (Å²) in [6.45, 7) is 0.353. The first-order chi connectivity index (χ1) is 12.2. The highest BCUT2D eigenvalue weighted by Gasteiger charge is 2.40. The van der Waals surface area contributed by atoms with Crippen LogP contribution in [0.15, 0.2) is 60.7 Å². The van der Waals surface area contributed by atoms with Crippen molar-refractivity contribution < 1.29 is 14.3 Å². The van der Waals surface area contributed by atoms with Gasteiger partial charge in [0.25, 0.3) is 0 Å². The van der Waals surface area contributed by atoms with Crippen LogP contribution in [0.2, 0.25) is 0 Å². The summed E-state index contributed by atoms with van der Waals surface area (Å²) in [6, 6.07) is 17.7. The zero-order chi connectivity index (χ0) is 17.6. The van der Waals surface area contributed by atoms with E-state index in [2.05, 4.69) is 10.6 Å². The summed E-state index contributed by atoms with van der Waals surface area (Å²) in [4.78, 5) is 26.3. The Labute approximate surface area is 146 Å². The van der Waals surface area contributed by atoms with Gasteiger partial charge in [0.15, 0.2) is 0 Å². The molecule has 6 heteroatoms. The van der Waals surface area contributed by atoms with Gasteiger partial charge in [0.2, 0.25) is 5.91 Å². The first kappa shape index (κ1) is 16.8. The standard InChI is InChI=1S/C19H21N3O3/c1-20-18(23)17-12-16(25-15-10-6-3-7-11-15)13-22(17)19(24)21-14-8-4-2-5-9-14/h2-11,16-17H,12-13H2,1H3,(H,20,23)(H,21,24)/t16-,17+/m0/s1. The van der Waals surface area contributed by atoms with Gasteiger partial charge < -0.3 is 20.3 Å². The lowest BCUT2D eigenvalue weighted by Gasteiger charge is -2.23. The van der Waals surface area contributed by atoms with Crippen LogP contribution in [0.1, 0.15) is 6.42 Å². The van der Waals surface area contributed by atoms with Crippen molar-refractivity contribution in [2.75, 3.05) is 18.9 Å². The molecule has 2 N–H and O–H groups in total. The zero-order valence-electron chi connectivity index (χ0n) is 14.0. The molecule has 2 atom stereocenters. The second kappa shape index (κ2) is 7.70. The number of likely N-dealkylation sites (N-methyl/N-ethyl adjacent to an activating group) is 1. The van der Waals surface area contributed by atoms with Crippen molar-refractivity contribution in [3.05, 3.63) is 60.7 Å². The van der Waals surface area contributed by atoms with Crippen molar-refractivity contribution in [3.63, 3.8) is 0 Å². The molecule has 1 aliphatic heterocycles. The van der Waals surface area contributed by atoms with Crippen molar-refractivity contribution in [2.45, 2.75) is 18.6 Å². The lowest BCUT2D eigenvalue weighted by Crippen LogP contribution is -2.46. The Morgan fingerprint density at radius 1 is 1.04 bits per heavy atom. The maximum Gasteiger partial charge on any atom is 0.322 e. The molecule has 0 saturated carbocycles. The number of rotatable bonds is 4. The minimum Gasteiger partial charge on any atom is -0.488 e. The molecule has 0 aliphatic carbocycles. The van der Waals surface area contributed by atoms with Crippen LogP contribution in [0.5, 0.6) is 5.75 Å². The number of likely N-dealkylation sites (tertiary alicyclic amines) is 1. The van der Waals surface area contributed by atoms with Crippen LogP contribution >= 0.6 is 0 Å². The van der Waals surface area contributed by atoms with E-state index in [9.17, 15) is 9.59 Å². The maximum absolute atomic E-state index is 12.6. The molecule has 130 valence electrons. The molecular formula is C19H21N3O3. The number of hydrogen-bond acceptors (Lipinski definition) is 3. The average molecular weight is 339 g/mol. The molecule has 0 spiro atoms. The summed E-state index contributed by atoms with van der Waals surface area (Å²) in [5.74, 6) is 0.538. The smallest absolute Gasteiger partial charge is 0.322 e. The molecule has 0 bridgehead atoms. The van der Waals surface area contributed by atoms with Crippen LogP contribution in [0, 0.1) is 0 Å². The summed E-state index contributed by atoms with van der Waals surface area (Å²) in [7, 11) is 1.57. The molecule has 25 heavy (non-hydrogen) atoms. The number of nitrogens with zero attached hydrogens (tertiary/aromatic N) is 1. The van der Waals surface area contributed by atoms with E-state index in [1.54, 1.807) is 19.2 Å². The molecule has 1 heterocycles.